The average molecular weight is 335 g/mol. The smallest absolute Gasteiger partial charge is 0.288 e. The van der Waals surface area contributed by atoms with Crippen molar-refractivity contribution in [2.75, 3.05) is 14.2 Å². The number of ether oxygens (including phenoxy) is 2. The van der Waals surface area contributed by atoms with Crippen LogP contribution in [0.15, 0.2) is 29.1 Å². The van der Waals surface area contributed by atoms with Crippen LogP contribution in [0, 0.1) is 10.1 Å². The molecule has 0 saturated carbocycles. The summed E-state index contributed by atoms with van der Waals surface area (Å²) in [6.07, 6.45) is 0. The fourth-order valence-corrected chi connectivity index (χ4v) is 2.69. The number of aromatic amines is 1. The molecule has 118 valence electrons. The topological polar surface area (TPSA) is 94.5 Å². The number of hydrogen-bond donors (Lipinski definition) is 1. The molecule has 0 aliphatic heterocycles. The highest BCUT2D eigenvalue weighted by atomic mass is 35.5. The molecule has 2 aromatic carbocycles. The molecule has 0 atom stereocenters. The van der Waals surface area contributed by atoms with E-state index in [0.717, 1.165) is 0 Å². The highest BCUT2D eigenvalue weighted by Gasteiger charge is 2.17. The van der Waals surface area contributed by atoms with Crippen molar-refractivity contribution in [1.82, 2.24) is 4.98 Å². The Labute approximate surface area is 134 Å². The molecule has 0 unspecified atom stereocenters. The fraction of sp³-hybridized carbons (Fsp3) is 0.133. The zero-order chi connectivity index (χ0) is 16.7. The minimum atomic E-state index is -0.625. The van der Waals surface area contributed by atoms with Gasteiger partial charge in [0.05, 0.1) is 40.9 Å². The molecule has 1 N–H and O–H groups in total. The number of benzene rings is 2. The maximum absolute atomic E-state index is 12.7. The van der Waals surface area contributed by atoms with Gasteiger partial charge >= 0.3 is 0 Å². The Kier molecular flexibility index (Phi) is 3.57. The van der Waals surface area contributed by atoms with Crippen LogP contribution < -0.4 is 14.9 Å². The zero-order valence-corrected chi connectivity index (χ0v) is 12.9. The summed E-state index contributed by atoms with van der Waals surface area (Å²) in [4.78, 5) is 26.1. The minimum absolute atomic E-state index is 0.0435. The first-order valence-electron chi connectivity index (χ1n) is 6.52. The largest absolute Gasteiger partial charge is 0.493 e. The van der Waals surface area contributed by atoms with E-state index in [-0.39, 0.29) is 21.5 Å². The highest BCUT2D eigenvalue weighted by Crippen LogP contribution is 2.33. The number of nitrogens with one attached hydrogen (secondary N) is 1. The van der Waals surface area contributed by atoms with Gasteiger partial charge in [-0.2, -0.15) is 0 Å². The van der Waals surface area contributed by atoms with Gasteiger partial charge in [-0.05, 0) is 12.1 Å². The van der Waals surface area contributed by atoms with E-state index >= 15 is 0 Å². The Morgan fingerprint density at radius 2 is 1.61 bits per heavy atom. The first-order valence-corrected chi connectivity index (χ1v) is 6.89. The molecule has 0 amide bonds. The number of aromatic nitrogens is 1. The number of halogens is 1. The summed E-state index contributed by atoms with van der Waals surface area (Å²) in [5, 5.41) is 11.5. The van der Waals surface area contributed by atoms with Crippen molar-refractivity contribution in [3.8, 4) is 11.5 Å². The van der Waals surface area contributed by atoms with E-state index in [9.17, 15) is 14.9 Å². The van der Waals surface area contributed by atoms with Gasteiger partial charge in [-0.25, -0.2) is 0 Å². The average Bonchev–Trinajstić information content (AvgIpc) is 2.53. The Balaban J connectivity index is 2.45. The van der Waals surface area contributed by atoms with Gasteiger partial charge in [0.25, 0.3) is 5.69 Å². The van der Waals surface area contributed by atoms with E-state index in [0.29, 0.717) is 27.9 Å². The molecule has 7 nitrogen and oxygen atoms in total. The molecule has 0 bridgehead atoms. The van der Waals surface area contributed by atoms with Gasteiger partial charge in [0.2, 0.25) is 0 Å². The predicted octanol–water partition coefficient (Wildman–Crippen LogP) is 3.26. The Hall–Kier alpha value is -2.80. The normalized spacial score (nSPS) is 10.9. The van der Waals surface area contributed by atoms with Crippen molar-refractivity contribution in [3.63, 3.8) is 0 Å². The minimum Gasteiger partial charge on any atom is -0.493 e. The van der Waals surface area contributed by atoms with Crippen LogP contribution in [0.5, 0.6) is 11.5 Å². The summed E-state index contributed by atoms with van der Waals surface area (Å²) >= 11 is 5.90. The molecule has 3 aromatic rings. The number of H-pyrrole nitrogens is 1. The molecule has 0 radical (unpaired) electrons. The fourth-order valence-electron chi connectivity index (χ4n) is 2.45. The van der Waals surface area contributed by atoms with Crippen LogP contribution in [0.3, 0.4) is 0 Å². The third-order valence-corrected chi connectivity index (χ3v) is 3.87. The molecule has 0 fully saturated rings. The predicted molar refractivity (Wildman–Crippen MR) is 86.8 cm³/mol. The van der Waals surface area contributed by atoms with Crippen molar-refractivity contribution >= 4 is 39.1 Å². The van der Waals surface area contributed by atoms with Gasteiger partial charge in [-0.3, -0.25) is 14.9 Å². The van der Waals surface area contributed by atoms with E-state index < -0.39 is 4.92 Å². The maximum atomic E-state index is 12.7. The van der Waals surface area contributed by atoms with E-state index in [1.54, 1.807) is 6.07 Å². The van der Waals surface area contributed by atoms with E-state index in [4.69, 9.17) is 21.1 Å². The molecule has 8 heteroatoms. The van der Waals surface area contributed by atoms with E-state index in [1.807, 2.05) is 0 Å². The highest BCUT2D eigenvalue weighted by molar-refractivity contribution is 6.33. The molecule has 1 heterocycles. The molecule has 3 rings (SSSR count). The van der Waals surface area contributed by atoms with Crippen molar-refractivity contribution in [1.29, 1.82) is 0 Å². The number of hydrogen-bond acceptors (Lipinski definition) is 5. The van der Waals surface area contributed by atoms with Gasteiger partial charge in [0.15, 0.2) is 16.9 Å². The van der Waals surface area contributed by atoms with Gasteiger partial charge in [-0.15, -0.1) is 0 Å². The lowest BCUT2D eigenvalue weighted by Crippen LogP contribution is -2.06. The monoisotopic (exact) mass is 334 g/mol. The number of nitrogens with zero attached hydrogens (tertiary/aromatic N) is 1. The van der Waals surface area contributed by atoms with Crippen LogP contribution in [0.2, 0.25) is 5.02 Å². The van der Waals surface area contributed by atoms with Crippen LogP contribution in [-0.2, 0) is 0 Å². The van der Waals surface area contributed by atoms with Gasteiger partial charge in [0, 0.05) is 12.1 Å². The van der Waals surface area contributed by atoms with Crippen LogP contribution in [0.1, 0.15) is 0 Å². The van der Waals surface area contributed by atoms with Crippen molar-refractivity contribution < 1.29 is 14.4 Å². The Bertz CT molecular complexity index is 1010. The summed E-state index contributed by atoms with van der Waals surface area (Å²) in [7, 11) is 2.95. The van der Waals surface area contributed by atoms with Crippen LogP contribution in [-0.4, -0.2) is 24.1 Å². The zero-order valence-electron chi connectivity index (χ0n) is 12.2. The molecule has 0 aliphatic rings. The molecular formula is C15H11ClN2O5. The molecule has 1 aromatic heterocycles. The Morgan fingerprint density at radius 3 is 2.22 bits per heavy atom. The van der Waals surface area contributed by atoms with Crippen LogP contribution in [0.4, 0.5) is 5.69 Å². The second-order valence-electron chi connectivity index (χ2n) is 4.81. The molecule has 23 heavy (non-hydrogen) atoms. The van der Waals surface area contributed by atoms with Crippen molar-refractivity contribution in [2.45, 2.75) is 0 Å². The number of nitro benzene ring substituents is 1. The molecule has 0 saturated heterocycles. The van der Waals surface area contributed by atoms with E-state index in [1.165, 1.54) is 32.4 Å². The SMILES string of the molecule is COc1cc2[nH]c3cc(Cl)c([N+](=O)[O-])cc3c(=O)c2cc1OC. The second-order valence-corrected chi connectivity index (χ2v) is 5.22. The third kappa shape index (κ3) is 2.35. The number of fused-ring (bicyclic) bond motifs is 2. The third-order valence-electron chi connectivity index (χ3n) is 3.57. The molecular weight excluding hydrogens is 324 g/mol. The quantitative estimate of drug-likeness (QED) is 0.450. The lowest BCUT2D eigenvalue weighted by molar-refractivity contribution is -0.384. The number of pyridine rings is 1. The summed E-state index contributed by atoms with van der Waals surface area (Å²) in [5.41, 5.74) is 0.259. The molecule has 0 aliphatic carbocycles. The lowest BCUT2D eigenvalue weighted by atomic mass is 10.1. The van der Waals surface area contributed by atoms with Gasteiger partial charge in [0.1, 0.15) is 5.02 Å². The van der Waals surface area contributed by atoms with E-state index in [2.05, 4.69) is 4.98 Å². The summed E-state index contributed by atoms with van der Waals surface area (Å²) in [6.45, 7) is 0. The number of rotatable bonds is 3. The standard InChI is InChI=1S/C15H11ClN2O5/c1-22-13-4-8-11(6-14(13)23-2)17-10-5-9(16)12(18(20)21)3-7(10)15(8)19/h3-6H,1-2H3,(H,17,19). The maximum Gasteiger partial charge on any atom is 0.288 e. The summed E-state index contributed by atoms with van der Waals surface area (Å²) in [5.74, 6) is 0.858. The van der Waals surface area contributed by atoms with Gasteiger partial charge in [-0.1, -0.05) is 11.6 Å². The Morgan fingerprint density at radius 1 is 1.04 bits per heavy atom. The second kappa shape index (κ2) is 5.44. The number of methoxy groups -OCH3 is 2. The molecule has 0 spiro atoms. The summed E-state index contributed by atoms with van der Waals surface area (Å²) in [6, 6.07) is 5.70. The lowest BCUT2D eigenvalue weighted by Gasteiger charge is -2.10. The first kappa shape index (κ1) is 15.1. The van der Waals surface area contributed by atoms with Gasteiger partial charge < -0.3 is 14.5 Å². The van der Waals surface area contributed by atoms with Crippen LogP contribution in [0.25, 0.3) is 21.8 Å². The van der Waals surface area contributed by atoms with Crippen molar-refractivity contribution in [3.05, 3.63) is 49.6 Å². The number of nitro groups is 1. The van der Waals surface area contributed by atoms with Crippen LogP contribution >= 0.6 is 11.6 Å². The first-order chi connectivity index (χ1) is 11.0. The van der Waals surface area contributed by atoms with Crippen molar-refractivity contribution in [2.24, 2.45) is 0 Å². The summed E-state index contributed by atoms with van der Waals surface area (Å²) < 4.78 is 10.4.